The molecule has 0 spiro atoms. The van der Waals surface area contributed by atoms with E-state index in [1.54, 1.807) is 18.2 Å². The SMILES string of the molecule is C[C@@H](OC(=O)c1ccccc1Nc1cccc(C(F)(F)F)c1)C(=O)NC1CC1. The monoisotopic (exact) mass is 392 g/mol. The second-order valence-electron chi connectivity index (χ2n) is 6.58. The lowest BCUT2D eigenvalue weighted by Crippen LogP contribution is -2.37. The Morgan fingerprint density at radius 2 is 1.82 bits per heavy atom. The molecule has 1 aliphatic carbocycles. The number of para-hydroxylation sites is 1. The molecule has 3 rings (SSSR count). The van der Waals surface area contributed by atoms with Gasteiger partial charge in [-0.15, -0.1) is 0 Å². The largest absolute Gasteiger partial charge is 0.449 e. The standard InChI is InChI=1S/C20H19F3N2O3/c1-12(18(26)25-14-9-10-14)28-19(27)16-7-2-3-8-17(16)24-15-6-4-5-13(11-15)20(21,22)23/h2-8,11-12,14,24H,9-10H2,1H3,(H,25,26)/t12-/m1/s1. The van der Waals surface area contributed by atoms with Gasteiger partial charge < -0.3 is 15.4 Å². The molecule has 8 heteroatoms. The number of hydrogen-bond acceptors (Lipinski definition) is 4. The number of esters is 1. The van der Waals surface area contributed by atoms with Gasteiger partial charge in [0.1, 0.15) is 0 Å². The van der Waals surface area contributed by atoms with Gasteiger partial charge in [-0.1, -0.05) is 18.2 Å². The molecule has 2 aromatic carbocycles. The molecular formula is C20H19F3N2O3. The first-order valence-corrected chi connectivity index (χ1v) is 8.78. The molecule has 148 valence electrons. The highest BCUT2D eigenvalue weighted by Gasteiger charge is 2.31. The number of ether oxygens (including phenoxy) is 1. The van der Waals surface area contributed by atoms with Crippen molar-refractivity contribution in [3.63, 3.8) is 0 Å². The van der Waals surface area contributed by atoms with Crippen LogP contribution in [-0.4, -0.2) is 24.0 Å². The van der Waals surface area contributed by atoms with Gasteiger partial charge >= 0.3 is 12.1 Å². The van der Waals surface area contributed by atoms with Crippen LogP contribution in [0, 0.1) is 0 Å². The fourth-order valence-electron chi connectivity index (χ4n) is 2.52. The van der Waals surface area contributed by atoms with Crippen LogP contribution in [0.2, 0.25) is 0 Å². The molecule has 2 aromatic rings. The molecule has 1 fully saturated rings. The van der Waals surface area contributed by atoms with E-state index < -0.39 is 23.8 Å². The number of hydrogen-bond donors (Lipinski definition) is 2. The lowest BCUT2D eigenvalue weighted by molar-refractivity contribution is -0.137. The zero-order chi connectivity index (χ0) is 20.3. The van der Waals surface area contributed by atoms with Crippen molar-refractivity contribution in [1.29, 1.82) is 0 Å². The molecule has 0 aliphatic heterocycles. The average molecular weight is 392 g/mol. The fraction of sp³-hybridized carbons (Fsp3) is 0.300. The summed E-state index contributed by atoms with van der Waals surface area (Å²) >= 11 is 0. The van der Waals surface area contributed by atoms with Crippen molar-refractivity contribution in [2.75, 3.05) is 5.32 Å². The second kappa shape index (κ2) is 7.92. The van der Waals surface area contributed by atoms with Crippen molar-refractivity contribution < 1.29 is 27.5 Å². The Hall–Kier alpha value is -3.03. The van der Waals surface area contributed by atoms with Crippen LogP contribution in [0.3, 0.4) is 0 Å². The zero-order valence-corrected chi connectivity index (χ0v) is 15.0. The number of benzene rings is 2. The quantitative estimate of drug-likeness (QED) is 0.721. The molecule has 2 N–H and O–H groups in total. The first-order chi connectivity index (χ1) is 13.2. The summed E-state index contributed by atoms with van der Waals surface area (Å²) in [4.78, 5) is 24.4. The van der Waals surface area contributed by atoms with E-state index in [2.05, 4.69) is 10.6 Å². The lowest BCUT2D eigenvalue weighted by atomic mass is 10.1. The summed E-state index contributed by atoms with van der Waals surface area (Å²) in [5.74, 6) is -1.12. The van der Waals surface area contributed by atoms with E-state index in [0.717, 1.165) is 25.0 Å². The summed E-state index contributed by atoms with van der Waals surface area (Å²) in [5, 5.41) is 5.56. The average Bonchev–Trinajstić information content (AvgIpc) is 3.45. The van der Waals surface area contributed by atoms with Gasteiger partial charge in [0.15, 0.2) is 6.10 Å². The highest BCUT2D eigenvalue weighted by atomic mass is 19.4. The molecule has 1 aliphatic rings. The van der Waals surface area contributed by atoms with Crippen LogP contribution in [0.15, 0.2) is 48.5 Å². The van der Waals surface area contributed by atoms with Crippen LogP contribution in [0.25, 0.3) is 0 Å². The van der Waals surface area contributed by atoms with Crippen molar-refractivity contribution >= 4 is 23.3 Å². The Kier molecular flexibility index (Phi) is 5.58. The molecule has 1 atom stereocenters. The summed E-state index contributed by atoms with van der Waals surface area (Å²) in [6.45, 7) is 1.47. The highest BCUT2D eigenvalue weighted by molar-refractivity contribution is 5.98. The zero-order valence-electron chi connectivity index (χ0n) is 15.0. The molecule has 0 unspecified atom stereocenters. The van der Waals surface area contributed by atoms with E-state index in [1.165, 1.54) is 25.1 Å². The first kappa shape index (κ1) is 19.7. The summed E-state index contributed by atoms with van der Waals surface area (Å²) in [6, 6.07) is 11.1. The van der Waals surface area contributed by atoms with Crippen LogP contribution < -0.4 is 10.6 Å². The maximum Gasteiger partial charge on any atom is 0.416 e. The Morgan fingerprint density at radius 3 is 2.50 bits per heavy atom. The van der Waals surface area contributed by atoms with Gasteiger partial charge in [0.05, 0.1) is 16.8 Å². The van der Waals surface area contributed by atoms with E-state index >= 15 is 0 Å². The molecule has 28 heavy (non-hydrogen) atoms. The van der Waals surface area contributed by atoms with Gasteiger partial charge in [-0.05, 0) is 50.1 Å². The summed E-state index contributed by atoms with van der Waals surface area (Å²) in [6.07, 6.45) is -3.62. The van der Waals surface area contributed by atoms with E-state index in [0.29, 0.717) is 0 Å². The van der Waals surface area contributed by atoms with Crippen molar-refractivity contribution in [2.24, 2.45) is 0 Å². The minimum Gasteiger partial charge on any atom is -0.449 e. The number of carbonyl (C=O) groups excluding carboxylic acids is 2. The van der Waals surface area contributed by atoms with Crippen molar-refractivity contribution in [3.05, 3.63) is 59.7 Å². The van der Waals surface area contributed by atoms with Gasteiger partial charge in [-0.2, -0.15) is 13.2 Å². The maximum absolute atomic E-state index is 12.9. The number of amides is 1. The smallest absolute Gasteiger partial charge is 0.416 e. The molecule has 0 bridgehead atoms. The van der Waals surface area contributed by atoms with E-state index in [4.69, 9.17) is 4.74 Å². The Labute approximate surface area is 159 Å². The number of halogens is 3. The molecule has 0 heterocycles. The van der Waals surface area contributed by atoms with Gasteiger partial charge in [-0.25, -0.2) is 4.79 Å². The molecule has 1 amide bonds. The van der Waals surface area contributed by atoms with Crippen molar-refractivity contribution in [1.82, 2.24) is 5.32 Å². The molecule has 0 radical (unpaired) electrons. The number of anilines is 2. The van der Waals surface area contributed by atoms with Gasteiger partial charge in [0.25, 0.3) is 5.91 Å². The summed E-state index contributed by atoms with van der Waals surface area (Å²) in [7, 11) is 0. The van der Waals surface area contributed by atoms with Crippen LogP contribution in [0.4, 0.5) is 24.5 Å². The molecule has 0 aromatic heterocycles. The van der Waals surface area contributed by atoms with E-state index in [1.807, 2.05) is 0 Å². The molecule has 0 saturated heterocycles. The minimum absolute atomic E-state index is 0.117. The van der Waals surface area contributed by atoms with Gasteiger partial charge in [-0.3, -0.25) is 4.79 Å². The van der Waals surface area contributed by atoms with Crippen molar-refractivity contribution in [3.8, 4) is 0 Å². The molecule has 1 saturated carbocycles. The predicted molar refractivity (Wildman–Crippen MR) is 97.2 cm³/mol. The molecule has 5 nitrogen and oxygen atoms in total. The van der Waals surface area contributed by atoms with Crippen LogP contribution in [0.5, 0.6) is 0 Å². The summed E-state index contributed by atoms with van der Waals surface area (Å²) < 4.78 is 43.9. The van der Waals surface area contributed by atoms with Crippen LogP contribution >= 0.6 is 0 Å². The Balaban J connectivity index is 1.73. The fourth-order valence-corrected chi connectivity index (χ4v) is 2.52. The summed E-state index contributed by atoms with van der Waals surface area (Å²) in [5.41, 5.74) is -0.231. The third kappa shape index (κ3) is 5.03. The number of rotatable bonds is 6. The van der Waals surface area contributed by atoms with Crippen LogP contribution in [0.1, 0.15) is 35.7 Å². The highest BCUT2D eigenvalue weighted by Crippen LogP contribution is 2.32. The van der Waals surface area contributed by atoms with Crippen molar-refractivity contribution in [2.45, 2.75) is 38.1 Å². The predicted octanol–water partition coefficient (Wildman–Crippen LogP) is 4.27. The first-order valence-electron chi connectivity index (χ1n) is 8.78. The number of carbonyl (C=O) groups is 2. The topological polar surface area (TPSA) is 67.4 Å². The second-order valence-corrected chi connectivity index (χ2v) is 6.58. The lowest BCUT2D eigenvalue weighted by Gasteiger charge is -2.16. The molecular weight excluding hydrogens is 373 g/mol. The minimum atomic E-state index is -4.47. The van der Waals surface area contributed by atoms with Gasteiger partial charge in [0.2, 0.25) is 0 Å². The third-order valence-electron chi connectivity index (χ3n) is 4.19. The number of alkyl halides is 3. The van der Waals surface area contributed by atoms with E-state index in [9.17, 15) is 22.8 Å². The third-order valence-corrected chi connectivity index (χ3v) is 4.19. The maximum atomic E-state index is 12.9. The van der Waals surface area contributed by atoms with E-state index in [-0.39, 0.29) is 28.9 Å². The normalized spacial score (nSPS) is 14.9. The van der Waals surface area contributed by atoms with Crippen LogP contribution in [-0.2, 0) is 15.7 Å². The van der Waals surface area contributed by atoms with Gasteiger partial charge in [0, 0.05) is 11.7 Å². The Morgan fingerprint density at radius 1 is 1.11 bits per heavy atom. The Bertz CT molecular complexity index is 879. The number of nitrogens with one attached hydrogen (secondary N) is 2.